The molecule has 0 bridgehead atoms. The smallest absolute Gasteiger partial charge is 0.140 e. The fraction of sp³-hybridized carbons (Fsp3) is 0.615. The van der Waals surface area contributed by atoms with Gasteiger partial charge < -0.3 is 5.11 Å². The van der Waals surface area contributed by atoms with Crippen LogP contribution in [0, 0.1) is 0 Å². The maximum atomic E-state index is 10.6. The van der Waals surface area contributed by atoms with Gasteiger partial charge in [0.2, 0.25) is 0 Å². The van der Waals surface area contributed by atoms with Crippen molar-refractivity contribution in [1.82, 2.24) is 4.98 Å². The first-order chi connectivity index (χ1) is 8.11. The van der Waals surface area contributed by atoms with Gasteiger partial charge in [-0.25, -0.2) is 0 Å². The van der Waals surface area contributed by atoms with Crippen LogP contribution in [0.2, 0.25) is 0 Å². The molecule has 0 aliphatic carbocycles. The van der Waals surface area contributed by atoms with Gasteiger partial charge in [0.15, 0.2) is 0 Å². The zero-order valence-corrected chi connectivity index (χ0v) is 11.6. The van der Waals surface area contributed by atoms with Crippen LogP contribution in [0.4, 0.5) is 0 Å². The van der Waals surface area contributed by atoms with Crippen molar-refractivity contribution >= 4 is 23.2 Å². The fourth-order valence-corrected chi connectivity index (χ4v) is 2.31. The Morgan fingerprint density at radius 2 is 1.88 bits per heavy atom. The van der Waals surface area contributed by atoms with Gasteiger partial charge in [-0.2, -0.15) is 0 Å². The van der Waals surface area contributed by atoms with E-state index in [0.717, 1.165) is 18.4 Å². The normalized spacial score (nSPS) is 14.9. The standard InChI is InChI=1S/C13H19Cl2NO/c1-2-3-4-5-8-13(17,12(14)15)11-6-9-16-10-7-11/h6-7,9-10,12,17H,2-5,8H2,1H3. The van der Waals surface area contributed by atoms with Crippen molar-refractivity contribution in [2.24, 2.45) is 0 Å². The number of unbranched alkanes of at least 4 members (excludes halogenated alkanes) is 3. The van der Waals surface area contributed by atoms with Crippen LogP contribution in [0.5, 0.6) is 0 Å². The van der Waals surface area contributed by atoms with Gasteiger partial charge >= 0.3 is 0 Å². The van der Waals surface area contributed by atoms with E-state index in [1.807, 2.05) is 0 Å². The molecule has 96 valence electrons. The molecule has 1 aromatic heterocycles. The van der Waals surface area contributed by atoms with Gasteiger partial charge in [0.1, 0.15) is 10.4 Å². The molecular weight excluding hydrogens is 257 g/mol. The van der Waals surface area contributed by atoms with Crippen molar-refractivity contribution in [3.8, 4) is 0 Å². The van der Waals surface area contributed by atoms with Crippen molar-refractivity contribution in [2.45, 2.75) is 49.5 Å². The number of rotatable bonds is 7. The van der Waals surface area contributed by atoms with Crippen LogP contribution in [0.15, 0.2) is 24.5 Å². The molecule has 1 aromatic rings. The summed E-state index contributed by atoms with van der Waals surface area (Å²) in [5.74, 6) is 0. The second kappa shape index (κ2) is 7.20. The molecule has 2 nitrogen and oxygen atoms in total. The van der Waals surface area contributed by atoms with Gasteiger partial charge in [0, 0.05) is 12.4 Å². The Morgan fingerprint density at radius 3 is 2.41 bits per heavy atom. The molecule has 0 saturated carbocycles. The van der Waals surface area contributed by atoms with Crippen LogP contribution < -0.4 is 0 Å². The summed E-state index contributed by atoms with van der Waals surface area (Å²) in [6.07, 6.45) is 8.20. The van der Waals surface area contributed by atoms with E-state index in [1.54, 1.807) is 24.5 Å². The van der Waals surface area contributed by atoms with Crippen LogP contribution in [0.25, 0.3) is 0 Å². The van der Waals surface area contributed by atoms with E-state index in [9.17, 15) is 5.11 Å². The highest BCUT2D eigenvalue weighted by atomic mass is 35.5. The largest absolute Gasteiger partial charge is 0.382 e. The zero-order chi connectivity index (χ0) is 12.7. The van der Waals surface area contributed by atoms with Crippen molar-refractivity contribution in [1.29, 1.82) is 0 Å². The van der Waals surface area contributed by atoms with Crippen molar-refractivity contribution in [3.05, 3.63) is 30.1 Å². The molecule has 1 heterocycles. The molecule has 17 heavy (non-hydrogen) atoms. The third kappa shape index (κ3) is 4.13. The fourth-order valence-electron chi connectivity index (χ4n) is 1.84. The summed E-state index contributed by atoms with van der Waals surface area (Å²) in [7, 11) is 0. The van der Waals surface area contributed by atoms with E-state index in [0.29, 0.717) is 6.42 Å². The number of hydrogen-bond donors (Lipinski definition) is 1. The van der Waals surface area contributed by atoms with Crippen LogP contribution in [-0.2, 0) is 5.60 Å². The van der Waals surface area contributed by atoms with Gasteiger partial charge in [-0.15, -0.1) is 23.2 Å². The summed E-state index contributed by atoms with van der Waals surface area (Å²) in [6, 6.07) is 3.52. The molecule has 0 aliphatic rings. The van der Waals surface area contributed by atoms with E-state index in [-0.39, 0.29) is 0 Å². The monoisotopic (exact) mass is 275 g/mol. The molecule has 0 radical (unpaired) electrons. The lowest BCUT2D eigenvalue weighted by Gasteiger charge is -2.29. The SMILES string of the molecule is CCCCCCC(O)(c1ccncc1)C(Cl)Cl. The Labute approximate surface area is 113 Å². The molecule has 1 rings (SSSR count). The molecule has 1 N–H and O–H groups in total. The van der Waals surface area contributed by atoms with E-state index in [1.165, 1.54) is 12.8 Å². The predicted molar refractivity (Wildman–Crippen MR) is 72.4 cm³/mol. The van der Waals surface area contributed by atoms with Gasteiger partial charge in [0.25, 0.3) is 0 Å². The minimum Gasteiger partial charge on any atom is -0.382 e. The molecule has 0 aliphatic heterocycles. The third-order valence-electron chi connectivity index (χ3n) is 2.95. The lowest BCUT2D eigenvalue weighted by atomic mass is 9.90. The molecule has 1 atom stereocenters. The first-order valence-electron chi connectivity index (χ1n) is 6.02. The molecule has 0 spiro atoms. The summed E-state index contributed by atoms with van der Waals surface area (Å²) in [4.78, 5) is 3.10. The van der Waals surface area contributed by atoms with Crippen molar-refractivity contribution in [3.63, 3.8) is 0 Å². The second-order valence-corrected chi connectivity index (χ2v) is 5.37. The lowest BCUT2D eigenvalue weighted by Crippen LogP contribution is -2.33. The third-order valence-corrected chi connectivity index (χ3v) is 3.67. The Bertz CT molecular complexity index is 318. The molecular formula is C13H19Cl2NO. The average Bonchev–Trinajstić information content (AvgIpc) is 2.35. The number of nitrogens with zero attached hydrogens (tertiary/aromatic N) is 1. The highest BCUT2D eigenvalue weighted by Crippen LogP contribution is 2.35. The Morgan fingerprint density at radius 1 is 1.24 bits per heavy atom. The minimum absolute atomic E-state index is 0.578. The number of aliphatic hydroxyl groups is 1. The summed E-state index contributed by atoms with van der Waals surface area (Å²) in [5, 5.41) is 10.6. The Kier molecular flexibility index (Phi) is 6.24. The highest BCUT2D eigenvalue weighted by Gasteiger charge is 2.35. The summed E-state index contributed by atoms with van der Waals surface area (Å²) < 4.78 is 0. The second-order valence-electron chi connectivity index (χ2n) is 4.27. The lowest BCUT2D eigenvalue weighted by molar-refractivity contribution is 0.0386. The number of halogens is 2. The number of aromatic nitrogens is 1. The topological polar surface area (TPSA) is 33.1 Å². The van der Waals surface area contributed by atoms with Gasteiger partial charge in [0.05, 0.1) is 0 Å². The molecule has 0 fully saturated rings. The van der Waals surface area contributed by atoms with Crippen LogP contribution in [-0.4, -0.2) is 14.9 Å². The Balaban J connectivity index is 2.69. The van der Waals surface area contributed by atoms with E-state index in [4.69, 9.17) is 23.2 Å². The van der Waals surface area contributed by atoms with E-state index in [2.05, 4.69) is 11.9 Å². The first kappa shape index (κ1) is 14.7. The maximum absolute atomic E-state index is 10.6. The maximum Gasteiger partial charge on any atom is 0.140 e. The summed E-state index contributed by atoms with van der Waals surface area (Å²) in [6.45, 7) is 2.15. The molecule has 0 amide bonds. The minimum atomic E-state index is -1.17. The summed E-state index contributed by atoms with van der Waals surface area (Å²) in [5.41, 5.74) is -0.432. The van der Waals surface area contributed by atoms with Gasteiger partial charge in [-0.05, 0) is 24.1 Å². The molecule has 0 saturated heterocycles. The van der Waals surface area contributed by atoms with Gasteiger partial charge in [-0.1, -0.05) is 32.6 Å². The quantitative estimate of drug-likeness (QED) is 0.602. The van der Waals surface area contributed by atoms with E-state index >= 15 is 0 Å². The Hall–Kier alpha value is -0.310. The van der Waals surface area contributed by atoms with Crippen molar-refractivity contribution in [2.75, 3.05) is 0 Å². The highest BCUT2D eigenvalue weighted by molar-refractivity contribution is 6.45. The van der Waals surface area contributed by atoms with Crippen LogP contribution >= 0.6 is 23.2 Å². The van der Waals surface area contributed by atoms with Crippen LogP contribution in [0.3, 0.4) is 0 Å². The molecule has 0 aromatic carbocycles. The van der Waals surface area contributed by atoms with Crippen LogP contribution in [0.1, 0.15) is 44.6 Å². The van der Waals surface area contributed by atoms with E-state index < -0.39 is 10.4 Å². The predicted octanol–water partition coefficient (Wildman–Crippen LogP) is 4.04. The number of hydrogen-bond acceptors (Lipinski definition) is 2. The average molecular weight is 276 g/mol. The first-order valence-corrected chi connectivity index (χ1v) is 6.89. The number of pyridine rings is 1. The van der Waals surface area contributed by atoms with Gasteiger partial charge in [-0.3, -0.25) is 4.98 Å². The van der Waals surface area contributed by atoms with Crippen molar-refractivity contribution < 1.29 is 5.11 Å². The summed E-state index contributed by atoms with van der Waals surface area (Å²) >= 11 is 11.9. The molecule has 4 heteroatoms. The zero-order valence-electron chi connectivity index (χ0n) is 10.1. The molecule has 1 unspecified atom stereocenters. The number of alkyl halides is 2.